The summed E-state index contributed by atoms with van der Waals surface area (Å²) in [5.74, 6) is 0. The van der Waals surface area contributed by atoms with E-state index in [9.17, 15) is 4.79 Å². The lowest BCUT2D eigenvalue weighted by Crippen LogP contribution is -2.42. The number of nitrogens with one attached hydrogen (secondary N) is 1. The second-order valence-electron chi connectivity index (χ2n) is 4.26. The Bertz CT molecular complexity index is 569. The highest BCUT2D eigenvalue weighted by Crippen LogP contribution is 2.19. The van der Waals surface area contributed by atoms with E-state index in [4.69, 9.17) is 4.42 Å². The fourth-order valence-electron chi connectivity index (χ4n) is 2.14. The molecule has 0 aliphatic carbocycles. The van der Waals surface area contributed by atoms with Gasteiger partial charge in [-0.15, -0.1) is 0 Å². The van der Waals surface area contributed by atoms with Gasteiger partial charge in [0.2, 0.25) is 0 Å². The van der Waals surface area contributed by atoms with Crippen LogP contribution in [0, 0.1) is 0 Å². The average Bonchev–Trinajstić information content (AvgIpc) is 2.70. The lowest BCUT2D eigenvalue weighted by atomic mass is 10.2. The highest BCUT2D eigenvalue weighted by atomic mass is 32.1. The fourth-order valence-corrected chi connectivity index (χ4v) is 2.79. The Morgan fingerprint density at radius 3 is 3.00 bits per heavy atom. The van der Waals surface area contributed by atoms with Crippen LogP contribution < -0.4 is 10.3 Å². The van der Waals surface area contributed by atoms with Crippen molar-refractivity contribution in [2.24, 2.45) is 0 Å². The zero-order valence-electron chi connectivity index (χ0n) is 9.44. The zero-order valence-corrected chi connectivity index (χ0v) is 10.3. The molecule has 0 amide bonds. The van der Waals surface area contributed by atoms with Crippen LogP contribution in [0.1, 0.15) is 5.56 Å². The van der Waals surface area contributed by atoms with Crippen molar-refractivity contribution in [1.82, 2.24) is 10.2 Å². The van der Waals surface area contributed by atoms with Gasteiger partial charge in [-0.25, -0.2) is 4.79 Å². The highest BCUT2D eigenvalue weighted by Gasteiger charge is 2.10. The molecule has 0 bridgehead atoms. The molecule has 0 atom stereocenters. The summed E-state index contributed by atoms with van der Waals surface area (Å²) in [6.07, 6.45) is 0. The molecule has 0 spiro atoms. The van der Waals surface area contributed by atoms with Crippen LogP contribution in [-0.4, -0.2) is 31.1 Å². The van der Waals surface area contributed by atoms with Gasteiger partial charge in [-0.2, -0.15) is 0 Å². The molecule has 1 aromatic heterocycles. The quantitative estimate of drug-likeness (QED) is 0.871. The van der Waals surface area contributed by atoms with E-state index in [-0.39, 0.29) is 4.94 Å². The molecule has 5 heteroatoms. The normalized spacial score (nSPS) is 17.6. The SMILES string of the molecule is O=c1oc2cc(CN3CCNCC3)ccc2s1. The summed E-state index contributed by atoms with van der Waals surface area (Å²) in [5.41, 5.74) is 1.92. The highest BCUT2D eigenvalue weighted by molar-refractivity contribution is 7.16. The lowest BCUT2D eigenvalue weighted by molar-refractivity contribution is 0.233. The summed E-state index contributed by atoms with van der Waals surface area (Å²) in [7, 11) is 0. The molecule has 1 saturated heterocycles. The Kier molecular flexibility index (Phi) is 2.96. The summed E-state index contributed by atoms with van der Waals surface area (Å²) in [4.78, 5) is 13.3. The van der Waals surface area contributed by atoms with Gasteiger partial charge in [-0.3, -0.25) is 4.90 Å². The van der Waals surface area contributed by atoms with E-state index in [1.165, 1.54) is 5.56 Å². The molecular weight excluding hydrogens is 236 g/mol. The van der Waals surface area contributed by atoms with Crippen molar-refractivity contribution < 1.29 is 4.42 Å². The molecule has 1 aromatic carbocycles. The van der Waals surface area contributed by atoms with Gasteiger partial charge < -0.3 is 9.73 Å². The largest absolute Gasteiger partial charge is 0.414 e. The topological polar surface area (TPSA) is 45.5 Å². The number of piperazine rings is 1. The molecule has 0 radical (unpaired) electrons. The van der Waals surface area contributed by atoms with Gasteiger partial charge in [0.25, 0.3) is 0 Å². The number of fused-ring (bicyclic) bond motifs is 1. The molecule has 0 saturated carbocycles. The molecule has 17 heavy (non-hydrogen) atoms. The monoisotopic (exact) mass is 250 g/mol. The van der Waals surface area contributed by atoms with Crippen LogP contribution in [0.2, 0.25) is 0 Å². The van der Waals surface area contributed by atoms with E-state index in [2.05, 4.69) is 16.3 Å². The first-order chi connectivity index (χ1) is 8.31. The Balaban J connectivity index is 1.82. The van der Waals surface area contributed by atoms with Crippen LogP contribution in [-0.2, 0) is 6.54 Å². The first kappa shape index (κ1) is 11.0. The zero-order chi connectivity index (χ0) is 11.7. The first-order valence-electron chi connectivity index (χ1n) is 5.77. The summed E-state index contributed by atoms with van der Waals surface area (Å²) < 4.78 is 6.06. The Morgan fingerprint density at radius 2 is 2.18 bits per heavy atom. The molecular formula is C12H14N2O2S. The van der Waals surface area contributed by atoms with Crippen LogP contribution in [0.4, 0.5) is 0 Å². The number of benzene rings is 1. The van der Waals surface area contributed by atoms with Gasteiger partial charge in [0.1, 0.15) is 5.58 Å². The maximum Gasteiger partial charge on any atom is 0.396 e. The minimum absolute atomic E-state index is 0.223. The number of nitrogens with zero attached hydrogens (tertiary/aromatic N) is 1. The lowest BCUT2D eigenvalue weighted by Gasteiger charge is -2.27. The molecule has 1 fully saturated rings. The van der Waals surface area contributed by atoms with Crippen molar-refractivity contribution in [1.29, 1.82) is 0 Å². The predicted octanol–water partition coefficient (Wildman–Crippen LogP) is 1.26. The van der Waals surface area contributed by atoms with Gasteiger partial charge in [-0.05, 0) is 17.7 Å². The summed E-state index contributed by atoms with van der Waals surface area (Å²) in [6, 6.07) is 6.04. The van der Waals surface area contributed by atoms with Crippen LogP contribution in [0.15, 0.2) is 27.4 Å². The summed E-state index contributed by atoms with van der Waals surface area (Å²) >= 11 is 1.16. The van der Waals surface area contributed by atoms with Gasteiger partial charge in [0.15, 0.2) is 0 Å². The molecule has 0 unspecified atom stereocenters. The van der Waals surface area contributed by atoms with E-state index in [0.29, 0.717) is 5.58 Å². The second kappa shape index (κ2) is 4.60. The maximum absolute atomic E-state index is 11.1. The molecule has 1 aliphatic rings. The minimum Gasteiger partial charge on any atom is -0.414 e. The van der Waals surface area contributed by atoms with Crippen molar-refractivity contribution in [2.45, 2.75) is 6.54 Å². The van der Waals surface area contributed by atoms with Crippen molar-refractivity contribution in [3.05, 3.63) is 33.5 Å². The van der Waals surface area contributed by atoms with Crippen LogP contribution in [0.5, 0.6) is 0 Å². The fraction of sp³-hybridized carbons (Fsp3) is 0.417. The average molecular weight is 250 g/mol. The molecule has 2 heterocycles. The molecule has 3 rings (SSSR count). The standard InChI is InChI=1S/C12H14N2O2S/c15-12-16-10-7-9(1-2-11(10)17-12)8-14-5-3-13-4-6-14/h1-2,7,13H,3-6,8H2. The van der Waals surface area contributed by atoms with Gasteiger partial charge in [0.05, 0.1) is 4.70 Å². The van der Waals surface area contributed by atoms with Crippen molar-refractivity contribution in [2.75, 3.05) is 26.2 Å². The Morgan fingerprint density at radius 1 is 1.35 bits per heavy atom. The minimum atomic E-state index is -0.223. The first-order valence-corrected chi connectivity index (χ1v) is 6.58. The molecule has 90 valence electrons. The van der Waals surface area contributed by atoms with E-state index >= 15 is 0 Å². The van der Waals surface area contributed by atoms with Crippen LogP contribution in [0.25, 0.3) is 10.3 Å². The Hall–Kier alpha value is -1.17. The van der Waals surface area contributed by atoms with Gasteiger partial charge in [0, 0.05) is 32.7 Å². The number of hydrogen-bond acceptors (Lipinski definition) is 5. The third-order valence-electron chi connectivity index (χ3n) is 3.01. The molecule has 4 nitrogen and oxygen atoms in total. The smallest absolute Gasteiger partial charge is 0.396 e. The Labute approximate surface area is 103 Å². The van der Waals surface area contributed by atoms with Crippen molar-refractivity contribution in [3.8, 4) is 0 Å². The molecule has 1 aliphatic heterocycles. The van der Waals surface area contributed by atoms with E-state index in [1.54, 1.807) is 0 Å². The second-order valence-corrected chi connectivity index (χ2v) is 5.24. The molecule has 1 N–H and O–H groups in total. The number of hydrogen-bond donors (Lipinski definition) is 1. The van der Waals surface area contributed by atoms with Crippen LogP contribution >= 0.6 is 11.3 Å². The third kappa shape index (κ3) is 2.41. The molecule has 2 aromatic rings. The van der Waals surface area contributed by atoms with Gasteiger partial charge >= 0.3 is 4.94 Å². The van der Waals surface area contributed by atoms with Gasteiger partial charge in [-0.1, -0.05) is 17.4 Å². The van der Waals surface area contributed by atoms with Crippen LogP contribution in [0.3, 0.4) is 0 Å². The third-order valence-corrected chi connectivity index (χ3v) is 3.82. The summed E-state index contributed by atoms with van der Waals surface area (Å²) in [5, 5.41) is 3.33. The maximum atomic E-state index is 11.1. The summed E-state index contributed by atoms with van der Waals surface area (Å²) in [6.45, 7) is 5.18. The van der Waals surface area contributed by atoms with E-state index < -0.39 is 0 Å². The van der Waals surface area contributed by atoms with E-state index in [1.807, 2.05) is 12.1 Å². The van der Waals surface area contributed by atoms with Crippen molar-refractivity contribution in [3.63, 3.8) is 0 Å². The predicted molar refractivity (Wildman–Crippen MR) is 68.5 cm³/mol. The van der Waals surface area contributed by atoms with Crippen molar-refractivity contribution >= 4 is 21.6 Å². The number of rotatable bonds is 2. The van der Waals surface area contributed by atoms with E-state index in [0.717, 1.165) is 48.8 Å².